The number of benzene rings is 1. The van der Waals surface area contributed by atoms with Gasteiger partial charge in [-0.05, 0) is 55.4 Å². The van der Waals surface area contributed by atoms with Gasteiger partial charge in [0.2, 0.25) is 0 Å². The molecule has 108 valence electrons. The van der Waals surface area contributed by atoms with Gasteiger partial charge in [-0.25, -0.2) is 8.42 Å². The summed E-state index contributed by atoms with van der Waals surface area (Å²) < 4.78 is 22.8. The fourth-order valence-electron chi connectivity index (χ4n) is 3.05. The highest BCUT2D eigenvalue weighted by molar-refractivity contribution is 7.91. The van der Waals surface area contributed by atoms with Crippen molar-refractivity contribution in [1.29, 1.82) is 0 Å². The van der Waals surface area contributed by atoms with Gasteiger partial charge in [-0.2, -0.15) is 0 Å². The zero-order valence-electron chi connectivity index (χ0n) is 11.4. The predicted molar refractivity (Wildman–Crippen MR) is 77.6 cm³/mol. The molecule has 1 aromatic rings. The molecule has 4 nitrogen and oxygen atoms in total. The standard InChI is InChI=1S/C15H19NO3S/c17-15(16-14-7-8-20(18,19)10-14)13-6-5-11-3-1-2-4-12(11)9-13/h5-6,9,14H,1-4,7-8,10H2,(H,16,17). The van der Waals surface area contributed by atoms with Crippen molar-refractivity contribution < 1.29 is 13.2 Å². The monoisotopic (exact) mass is 293 g/mol. The Hall–Kier alpha value is -1.36. The number of carbonyl (C=O) groups is 1. The number of carbonyl (C=O) groups excluding carboxylic acids is 1. The molecule has 1 aliphatic heterocycles. The van der Waals surface area contributed by atoms with Crippen LogP contribution in [0.2, 0.25) is 0 Å². The lowest BCUT2D eigenvalue weighted by Crippen LogP contribution is -2.35. The maximum Gasteiger partial charge on any atom is 0.251 e. The number of nitrogens with one attached hydrogen (secondary N) is 1. The molecule has 2 aliphatic rings. The van der Waals surface area contributed by atoms with Crippen LogP contribution >= 0.6 is 0 Å². The maximum atomic E-state index is 12.2. The molecule has 0 aromatic heterocycles. The summed E-state index contributed by atoms with van der Waals surface area (Å²) in [5, 5.41) is 2.84. The predicted octanol–water partition coefficient (Wildman–Crippen LogP) is 1.48. The van der Waals surface area contributed by atoms with E-state index in [4.69, 9.17) is 0 Å². The molecule has 0 radical (unpaired) electrons. The van der Waals surface area contributed by atoms with Crippen molar-refractivity contribution in [2.24, 2.45) is 0 Å². The third kappa shape index (κ3) is 2.87. The highest BCUT2D eigenvalue weighted by Gasteiger charge is 2.29. The number of sulfone groups is 1. The van der Waals surface area contributed by atoms with Crippen LogP contribution in [0.5, 0.6) is 0 Å². The van der Waals surface area contributed by atoms with Crippen LogP contribution in [-0.2, 0) is 22.7 Å². The lowest BCUT2D eigenvalue weighted by atomic mass is 9.90. The molecular weight excluding hydrogens is 274 g/mol. The van der Waals surface area contributed by atoms with Crippen LogP contribution in [0.3, 0.4) is 0 Å². The minimum atomic E-state index is -2.95. The molecule has 0 bridgehead atoms. The van der Waals surface area contributed by atoms with E-state index in [0.717, 1.165) is 12.8 Å². The van der Waals surface area contributed by atoms with Crippen molar-refractivity contribution in [1.82, 2.24) is 5.32 Å². The van der Waals surface area contributed by atoms with Gasteiger partial charge in [0.15, 0.2) is 9.84 Å². The van der Waals surface area contributed by atoms with Gasteiger partial charge in [-0.3, -0.25) is 4.79 Å². The molecule has 1 atom stereocenters. The van der Waals surface area contributed by atoms with Gasteiger partial charge in [0.25, 0.3) is 5.91 Å². The van der Waals surface area contributed by atoms with E-state index >= 15 is 0 Å². The minimum Gasteiger partial charge on any atom is -0.348 e. The molecule has 5 heteroatoms. The third-order valence-corrected chi connectivity index (χ3v) is 5.95. The maximum absolute atomic E-state index is 12.2. The van der Waals surface area contributed by atoms with E-state index in [9.17, 15) is 13.2 Å². The van der Waals surface area contributed by atoms with E-state index in [-0.39, 0.29) is 23.5 Å². The normalized spacial score (nSPS) is 24.1. The van der Waals surface area contributed by atoms with Gasteiger partial charge < -0.3 is 5.32 Å². The summed E-state index contributed by atoms with van der Waals surface area (Å²) in [6, 6.07) is 5.62. The Morgan fingerprint density at radius 2 is 1.90 bits per heavy atom. The Morgan fingerprint density at radius 3 is 2.60 bits per heavy atom. The molecular formula is C15H19NO3S. The van der Waals surface area contributed by atoms with Gasteiger partial charge in [-0.1, -0.05) is 6.07 Å². The Balaban J connectivity index is 1.71. The first-order valence-corrected chi connectivity index (χ1v) is 8.99. The second-order valence-corrected chi connectivity index (χ2v) is 7.99. The highest BCUT2D eigenvalue weighted by Crippen LogP contribution is 2.22. The van der Waals surface area contributed by atoms with Gasteiger partial charge in [0, 0.05) is 11.6 Å². The number of aryl methyl sites for hydroxylation is 2. The third-order valence-electron chi connectivity index (χ3n) is 4.18. The van der Waals surface area contributed by atoms with Crippen molar-refractivity contribution in [2.75, 3.05) is 11.5 Å². The Morgan fingerprint density at radius 1 is 1.15 bits per heavy atom. The smallest absolute Gasteiger partial charge is 0.251 e. The molecule has 1 fully saturated rings. The van der Waals surface area contributed by atoms with Gasteiger partial charge in [0.1, 0.15) is 0 Å². The van der Waals surface area contributed by atoms with Crippen molar-refractivity contribution in [3.8, 4) is 0 Å². The van der Waals surface area contributed by atoms with Crippen LogP contribution < -0.4 is 5.32 Å². The van der Waals surface area contributed by atoms with Crippen LogP contribution in [-0.4, -0.2) is 31.9 Å². The van der Waals surface area contributed by atoms with Gasteiger partial charge in [-0.15, -0.1) is 0 Å². The number of hydrogen-bond acceptors (Lipinski definition) is 3. The van der Waals surface area contributed by atoms with Crippen LogP contribution in [0.4, 0.5) is 0 Å². The number of fused-ring (bicyclic) bond motifs is 1. The summed E-state index contributed by atoms with van der Waals surface area (Å²) >= 11 is 0. The second-order valence-electron chi connectivity index (χ2n) is 5.76. The van der Waals surface area contributed by atoms with Crippen molar-refractivity contribution >= 4 is 15.7 Å². The summed E-state index contributed by atoms with van der Waals surface area (Å²) in [5.41, 5.74) is 3.26. The molecule has 1 amide bonds. The van der Waals surface area contributed by atoms with Crippen LogP contribution in [0.25, 0.3) is 0 Å². The topological polar surface area (TPSA) is 63.2 Å². The summed E-state index contributed by atoms with van der Waals surface area (Å²) in [4.78, 5) is 12.2. The lowest BCUT2D eigenvalue weighted by molar-refractivity contribution is 0.0941. The Bertz CT molecular complexity index is 637. The molecule has 1 saturated heterocycles. The second kappa shape index (κ2) is 5.20. The van der Waals surface area contributed by atoms with E-state index in [2.05, 4.69) is 5.32 Å². The zero-order chi connectivity index (χ0) is 14.2. The molecule has 1 N–H and O–H groups in total. The van der Waals surface area contributed by atoms with E-state index < -0.39 is 9.84 Å². The number of rotatable bonds is 2. The Kier molecular flexibility index (Phi) is 3.54. The minimum absolute atomic E-state index is 0.0731. The zero-order valence-corrected chi connectivity index (χ0v) is 12.2. The summed E-state index contributed by atoms with van der Waals surface area (Å²) in [6.07, 6.45) is 5.06. The first kappa shape index (κ1) is 13.6. The summed E-state index contributed by atoms with van der Waals surface area (Å²) in [5.74, 6) is 0.103. The summed E-state index contributed by atoms with van der Waals surface area (Å²) in [6.45, 7) is 0. The average Bonchev–Trinajstić information content (AvgIpc) is 2.77. The quantitative estimate of drug-likeness (QED) is 0.898. The van der Waals surface area contributed by atoms with Gasteiger partial charge in [0.05, 0.1) is 11.5 Å². The van der Waals surface area contributed by atoms with Gasteiger partial charge >= 0.3 is 0 Å². The van der Waals surface area contributed by atoms with Crippen molar-refractivity contribution in [3.63, 3.8) is 0 Å². The SMILES string of the molecule is O=C(NC1CCS(=O)(=O)C1)c1ccc2c(c1)CCCC2. The fourth-order valence-corrected chi connectivity index (χ4v) is 4.73. The van der Waals surface area contributed by atoms with Crippen LogP contribution in [0.1, 0.15) is 40.7 Å². The van der Waals surface area contributed by atoms with Crippen molar-refractivity contribution in [2.45, 2.75) is 38.1 Å². The van der Waals surface area contributed by atoms with E-state index in [1.54, 1.807) is 0 Å². The van der Waals surface area contributed by atoms with E-state index in [1.807, 2.05) is 18.2 Å². The molecule has 1 aliphatic carbocycles. The average molecular weight is 293 g/mol. The molecule has 20 heavy (non-hydrogen) atoms. The van der Waals surface area contributed by atoms with Crippen LogP contribution in [0.15, 0.2) is 18.2 Å². The fraction of sp³-hybridized carbons (Fsp3) is 0.533. The largest absolute Gasteiger partial charge is 0.348 e. The lowest BCUT2D eigenvalue weighted by Gasteiger charge is -2.17. The first-order valence-electron chi connectivity index (χ1n) is 7.17. The molecule has 0 saturated carbocycles. The highest BCUT2D eigenvalue weighted by atomic mass is 32.2. The molecule has 1 aromatic carbocycles. The molecule has 1 heterocycles. The first-order chi connectivity index (χ1) is 9.53. The summed E-state index contributed by atoms with van der Waals surface area (Å²) in [7, 11) is -2.95. The number of hydrogen-bond donors (Lipinski definition) is 1. The van der Waals surface area contributed by atoms with E-state index in [1.165, 1.54) is 24.0 Å². The molecule has 1 unspecified atom stereocenters. The number of amides is 1. The van der Waals surface area contributed by atoms with E-state index in [0.29, 0.717) is 12.0 Å². The van der Waals surface area contributed by atoms with Crippen LogP contribution in [0, 0.1) is 0 Å². The Labute approximate surface area is 119 Å². The molecule has 3 rings (SSSR count). The molecule has 0 spiro atoms. The van der Waals surface area contributed by atoms with Crippen molar-refractivity contribution in [3.05, 3.63) is 34.9 Å².